The second-order valence-corrected chi connectivity index (χ2v) is 6.06. The Morgan fingerprint density at radius 3 is 2.43 bits per heavy atom. The normalized spacial score (nSPS) is 25.1. The van der Waals surface area contributed by atoms with E-state index in [1.165, 1.54) is 12.1 Å². The lowest BCUT2D eigenvalue weighted by Gasteiger charge is -2.30. The van der Waals surface area contributed by atoms with E-state index in [0.29, 0.717) is 31.8 Å². The summed E-state index contributed by atoms with van der Waals surface area (Å²) in [6, 6.07) is 5.73. The van der Waals surface area contributed by atoms with Gasteiger partial charge >= 0.3 is 6.18 Å². The quantitative estimate of drug-likeness (QED) is 0.898. The molecule has 1 aromatic rings. The summed E-state index contributed by atoms with van der Waals surface area (Å²) in [5, 5.41) is 10.8. The van der Waals surface area contributed by atoms with Crippen LogP contribution in [0, 0.1) is 0 Å². The molecule has 1 N–H and O–H groups in total. The molecule has 0 bridgehead atoms. The Labute approximate surface area is 123 Å². The molecule has 21 heavy (non-hydrogen) atoms. The van der Waals surface area contributed by atoms with Crippen LogP contribution in [0.4, 0.5) is 13.2 Å². The largest absolute Gasteiger partial charge is 0.416 e. The highest BCUT2D eigenvalue weighted by atomic mass is 19.4. The molecule has 0 saturated carbocycles. The van der Waals surface area contributed by atoms with Gasteiger partial charge in [0.2, 0.25) is 0 Å². The van der Waals surface area contributed by atoms with Gasteiger partial charge in [0, 0.05) is 12.6 Å². The Kier molecular flexibility index (Phi) is 4.63. The van der Waals surface area contributed by atoms with E-state index < -0.39 is 17.3 Å². The van der Waals surface area contributed by atoms with Crippen molar-refractivity contribution in [3.63, 3.8) is 0 Å². The van der Waals surface area contributed by atoms with Gasteiger partial charge in [-0.1, -0.05) is 18.2 Å². The summed E-state index contributed by atoms with van der Waals surface area (Å²) in [4.78, 5) is 2.20. The third kappa shape index (κ3) is 3.58. The van der Waals surface area contributed by atoms with E-state index >= 15 is 0 Å². The predicted octanol–water partition coefficient (Wildman–Crippen LogP) is 3.79. The van der Waals surface area contributed by atoms with Crippen LogP contribution in [0.5, 0.6) is 0 Å². The highest BCUT2D eigenvalue weighted by molar-refractivity contribution is 5.34. The Morgan fingerprint density at radius 1 is 1.14 bits per heavy atom. The summed E-state index contributed by atoms with van der Waals surface area (Å²) in [5.41, 5.74) is -2.09. The van der Waals surface area contributed by atoms with E-state index in [9.17, 15) is 18.3 Å². The lowest BCUT2D eigenvalue weighted by molar-refractivity contribution is -0.141. The molecule has 1 unspecified atom stereocenters. The second-order valence-electron chi connectivity index (χ2n) is 6.06. The van der Waals surface area contributed by atoms with Crippen molar-refractivity contribution in [2.45, 2.75) is 50.9 Å². The van der Waals surface area contributed by atoms with Crippen LogP contribution in [0.25, 0.3) is 0 Å². The standard InChI is InChI=1S/C16H22F3NO/c1-12(2)20-10-5-8-15(21,9-11-20)13-6-3-4-7-14(13)16(17,18)19/h3-4,6-7,12,21H,5,8-11H2,1-2H3. The SMILES string of the molecule is CC(C)N1CCCC(O)(c2ccccc2C(F)(F)F)CC1. The van der Waals surface area contributed by atoms with E-state index in [0.717, 1.165) is 12.6 Å². The zero-order chi connectivity index (χ0) is 15.7. The van der Waals surface area contributed by atoms with Gasteiger partial charge in [-0.3, -0.25) is 0 Å². The molecule has 1 aliphatic heterocycles. The first-order chi connectivity index (χ1) is 9.74. The molecule has 0 spiro atoms. The number of hydrogen-bond donors (Lipinski definition) is 1. The van der Waals surface area contributed by atoms with E-state index in [4.69, 9.17) is 0 Å². The van der Waals surface area contributed by atoms with Gasteiger partial charge in [0.1, 0.15) is 0 Å². The van der Waals surface area contributed by atoms with Gasteiger partial charge in [-0.15, -0.1) is 0 Å². The van der Waals surface area contributed by atoms with Crippen LogP contribution in [-0.4, -0.2) is 29.1 Å². The van der Waals surface area contributed by atoms with Gasteiger partial charge in [0.15, 0.2) is 0 Å². The third-order valence-corrected chi connectivity index (χ3v) is 4.31. The molecule has 0 radical (unpaired) electrons. The fraction of sp³-hybridized carbons (Fsp3) is 0.625. The van der Waals surface area contributed by atoms with E-state index in [1.54, 1.807) is 6.07 Å². The van der Waals surface area contributed by atoms with Crippen LogP contribution in [0.15, 0.2) is 24.3 Å². The average molecular weight is 301 g/mol. The maximum Gasteiger partial charge on any atom is 0.416 e. The molecule has 2 nitrogen and oxygen atoms in total. The van der Waals surface area contributed by atoms with Crippen LogP contribution >= 0.6 is 0 Å². The third-order valence-electron chi connectivity index (χ3n) is 4.31. The van der Waals surface area contributed by atoms with Gasteiger partial charge < -0.3 is 10.0 Å². The molecule has 1 aliphatic rings. The molecule has 118 valence electrons. The molecular weight excluding hydrogens is 279 g/mol. The number of alkyl halides is 3. The Bertz CT molecular complexity index is 487. The number of nitrogens with zero attached hydrogens (tertiary/aromatic N) is 1. The molecule has 1 atom stereocenters. The van der Waals surface area contributed by atoms with E-state index in [-0.39, 0.29) is 5.56 Å². The van der Waals surface area contributed by atoms with Crippen LogP contribution in [-0.2, 0) is 11.8 Å². The minimum absolute atomic E-state index is 0.0168. The Hall–Kier alpha value is -1.07. The summed E-state index contributed by atoms with van der Waals surface area (Å²) >= 11 is 0. The Balaban J connectivity index is 2.33. The van der Waals surface area contributed by atoms with Crippen molar-refractivity contribution < 1.29 is 18.3 Å². The molecule has 5 heteroatoms. The molecule has 1 heterocycles. The summed E-state index contributed by atoms with van der Waals surface area (Å²) in [6.45, 7) is 5.55. The Morgan fingerprint density at radius 2 is 1.81 bits per heavy atom. The average Bonchev–Trinajstić information content (AvgIpc) is 2.61. The number of rotatable bonds is 2. The van der Waals surface area contributed by atoms with Crippen molar-refractivity contribution in [1.29, 1.82) is 0 Å². The topological polar surface area (TPSA) is 23.5 Å². The molecule has 0 aliphatic carbocycles. The molecule has 1 saturated heterocycles. The van der Waals surface area contributed by atoms with Crippen molar-refractivity contribution in [3.05, 3.63) is 35.4 Å². The van der Waals surface area contributed by atoms with Crippen molar-refractivity contribution in [3.8, 4) is 0 Å². The van der Waals surface area contributed by atoms with Crippen molar-refractivity contribution >= 4 is 0 Å². The lowest BCUT2D eigenvalue weighted by atomic mass is 9.84. The first-order valence-corrected chi connectivity index (χ1v) is 7.37. The number of halogens is 3. The monoisotopic (exact) mass is 301 g/mol. The van der Waals surface area contributed by atoms with Crippen molar-refractivity contribution in [2.75, 3.05) is 13.1 Å². The van der Waals surface area contributed by atoms with Crippen molar-refractivity contribution in [1.82, 2.24) is 4.90 Å². The summed E-state index contributed by atoms with van der Waals surface area (Å²) in [7, 11) is 0. The van der Waals surface area contributed by atoms with Crippen LogP contribution in [0.3, 0.4) is 0 Å². The summed E-state index contributed by atoms with van der Waals surface area (Å²) in [6.07, 6.45) is -3.04. The number of aliphatic hydroxyl groups is 1. The second kappa shape index (κ2) is 5.97. The van der Waals surface area contributed by atoms with E-state index in [2.05, 4.69) is 18.7 Å². The fourth-order valence-electron chi connectivity index (χ4n) is 3.06. The number of hydrogen-bond acceptors (Lipinski definition) is 2. The van der Waals surface area contributed by atoms with Gasteiger partial charge in [0.25, 0.3) is 0 Å². The smallest absolute Gasteiger partial charge is 0.385 e. The zero-order valence-corrected chi connectivity index (χ0v) is 12.5. The predicted molar refractivity (Wildman–Crippen MR) is 75.9 cm³/mol. The van der Waals surface area contributed by atoms with Gasteiger partial charge in [-0.25, -0.2) is 0 Å². The maximum atomic E-state index is 13.2. The van der Waals surface area contributed by atoms with Crippen LogP contribution in [0.2, 0.25) is 0 Å². The number of likely N-dealkylation sites (tertiary alicyclic amines) is 1. The highest BCUT2D eigenvalue weighted by Gasteiger charge is 2.41. The number of benzene rings is 1. The molecule has 0 aromatic heterocycles. The van der Waals surface area contributed by atoms with Crippen molar-refractivity contribution in [2.24, 2.45) is 0 Å². The molecule has 1 aromatic carbocycles. The molecule has 2 rings (SSSR count). The minimum Gasteiger partial charge on any atom is -0.385 e. The molecule has 0 amide bonds. The fourth-order valence-corrected chi connectivity index (χ4v) is 3.06. The molecular formula is C16H22F3NO. The van der Waals surface area contributed by atoms with Crippen LogP contribution < -0.4 is 0 Å². The van der Waals surface area contributed by atoms with Gasteiger partial charge in [-0.05, 0) is 51.3 Å². The molecule has 1 fully saturated rings. The maximum absolute atomic E-state index is 13.2. The zero-order valence-electron chi connectivity index (χ0n) is 12.5. The minimum atomic E-state index is -4.43. The van der Waals surface area contributed by atoms with E-state index in [1.807, 2.05) is 0 Å². The first kappa shape index (κ1) is 16.3. The van der Waals surface area contributed by atoms with Gasteiger partial charge in [0.05, 0.1) is 11.2 Å². The van der Waals surface area contributed by atoms with Gasteiger partial charge in [-0.2, -0.15) is 13.2 Å². The summed E-state index contributed by atoms with van der Waals surface area (Å²) < 4.78 is 39.5. The first-order valence-electron chi connectivity index (χ1n) is 7.37. The van der Waals surface area contributed by atoms with Crippen LogP contribution in [0.1, 0.15) is 44.2 Å². The lowest BCUT2D eigenvalue weighted by Crippen LogP contribution is -2.34. The highest BCUT2D eigenvalue weighted by Crippen LogP contribution is 2.41. The summed E-state index contributed by atoms with van der Waals surface area (Å²) in [5.74, 6) is 0.